The van der Waals surface area contributed by atoms with E-state index in [1.807, 2.05) is 25.5 Å². The summed E-state index contributed by atoms with van der Waals surface area (Å²) >= 11 is 0. The van der Waals surface area contributed by atoms with Gasteiger partial charge in [0.1, 0.15) is 5.82 Å². The summed E-state index contributed by atoms with van der Waals surface area (Å²) in [5.74, 6) is 2.49. The zero-order chi connectivity index (χ0) is 21.2. The van der Waals surface area contributed by atoms with E-state index in [4.69, 9.17) is 4.74 Å². The highest BCUT2D eigenvalue weighted by molar-refractivity contribution is 14.0. The number of guanidine groups is 1. The van der Waals surface area contributed by atoms with E-state index in [0.717, 1.165) is 64.1 Å². The molecule has 1 aromatic carbocycles. The number of hydrogen-bond donors (Lipinski definition) is 2. The molecule has 2 heterocycles. The molecule has 31 heavy (non-hydrogen) atoms. The van der Waals surface area contributed by atoms with Crippen LogP contribution in [0.15, 0.2) is 47.7 Å². The lowest BCUT2D eigenvalue weighted by molar-refractivity contribution is 0.00752. The fraction of sp³-hybridized carbons (Fsp3) is 0.565. The summed E-state index contributed by atoms with van der Waals surface area (Å²) in [7, 11) is 1.82. The Bertz CT molecular complexity index is 773. The van der Waals surface area contributed by atoms with Crippen LogP contribution >= 0.6 is 24.0 Å². The molecule has 1 atom stereocenters. The molecule has 2 N–H and O–H groups in total. The van der Waals surface area contributed by atoms with Gasteiger partial charge in [-0.1, -0.05) is 44.2 Å². The average Bonchev–Trinajstić information content (AvgIpc) is 3.20. The van der Waals surface area contributed by atoms with Crippen LogP contribution < -0.4 is 10.6 Å². The fourth-order valence-electron chi connectivity index (χ4n) is 3.90. The van der Waals surface area contributed by atoms with E-state index in [1.54, 1.807) is 0 Å². The number of aromatic nitrogens is 2. The van der Waals surface area contributed by atoms with Gasteiger partial charge >= 0.3 is 0 Å². The summed E-state index contributed by atoms with van der Waals surface area (Å²) in [6.07, 6.45) is 4.77. The van der Waals surface area contributed by atoms with Crippen molar-refractivity contribution in [2.75, 3.05) is 46.4 Å². The number of halogens is 1. The first kappa shape index (κ1) is 25.6. The average molecular weight is 540 g/mol. The van der Waals surface area contributed by atoms with Crippen LogP contribution in [0.3, 0.4) is 0 Å². The number of benzene rings is 1. The molecule has 0 aliphatic carbocycles. The molecule has 0 radical (unpaired) electrons. The summed E-state index contributed by atoms with van der Waals surface area (Å²) in [5, 5.41) is 6.95. The molecule has 1 aliphatic heterocycles. The lowest BCUT2D eigenvalue weighted by Gasteiger charge is -2.37. The number of ether oxygens (including phenoxy) is 1. The van der Waals surface area contributed by atoms with Gasteiger partial charge in [0.2, 0.25) is 0 Å². The molecule has 2 aromatic rings. The smallest absolute Gasteiger partial charge is 0.191 e. The molecule has 0 amide bonds. The molecule has 7 nitrogen and oxygen atoms in total. The maximum atomic E-state index is 5.51. The van der Waals surface area contributed by atoms with Gasteiger partial charge in [0.05, 0.1) is 13.2 Å². The molecular weight excluding hydrogens is 503 g/mol. The highest BCUT2D eigenvalue weighted by atomic mass is 127. The second-order valence-electron chi connectivity index (χ2n) is 8.05. The van der Waals surface area contributed by atoms with Crippen molar-refractivity contribution in [3.05, 3.63) is 54.1 Å². The van der Waals surface area contributed by atoms with Gasteiger partial charge in [0.25, 0.3) is 0 Å². The zero-order valence-corrected chi connectivity index (χ0v) is 21.3. The minimum Gasteiger partial charge on any atom is -0.379 e. The predicted octanol–water partition coefficient (Wildman–Crippen LogP) is 2.61. The van der Waals surface area contributed by atoms with Crippen LogP contribution in [0.5, 0.6) is 0 Å². The quantitative estimate of drug-likeness (QED) is 0.291. The Morgan fingerprint density at radius 1 is 1.16 bits per heavy atom. The van der Waals surface area contributed by atoms with Gasteiger partial charge < -0.3 is 19.9 Å². The molecule has 1 fully saturated rings. The molecule has 0 bridgehead atoms. The number of nitrogens with one attached hydrogen (secondary N) is 2. The SMILES string of the molecule is CN=C(NCCc1nccn1Cc1ccccc1)NCC(C(C)C)N1CCOCC1.I. The Morgan fingerprint density at radius 3 is 2.58 bits per heavy atom. The predicted molar refractivity (Wildman–Crippen MR) is 137 cm³/mol. The first-order valence-electron chi connectivity index (χ1n) is 11.0. The Morgan fingerprint density at radius 2 is 1.90 bits per heavy atom. The van der Waals surface area contributed by atoms with Gasteiger partial charge in [0, 0.05) is 64.6 Å². The molecular formula is C23H37IN6O. The standard InChI is InChI=1S/C23H36N6O.HI/c1-19(2)21(28-13-15-30-16-14-28)17-27-23(24-3)26-10-9-22-25-11-12-29(22)18-20-7-5-4-6-8-20;/h4-8,11-12,19,21H,9-10,13-18H2,1-3H3,(H2,24,26,27);1H. The zero-order valence-electron chi connectivity index (χ0n) is 19.0. The third-order valence-electron chi connectivity index (χ3n) is 5.62. The maximum Gasteiger partial charge on any atom is 0.191 e. The van der Waals surface area contributed by atoms with Gasteiger partial charge in [-0.15, -0.1) is 24.0 Å². The van der Waals surface area contributed by atoms with Crippen LogP contribution in [0.4, 0.5) is 0 Å². The van der Waals surface area contributed by atoms with Crippen molar-refractivity contribution in [2.24, 2.45) is 10.9 Å². The first-order valence-corrected chi connectivity index (χ1v) is 11.0. The van der Waals surface area contributed by atoms with Crippen molar-refractivity contribution >= 4 is 29.9 Å². The molecule has 8 heteroatoms. The van der Waals surface area contributed by atoms with Crippen molar-refractivity contribution in [2.45, 2.75) is 32.9 Å². The Hall–Kier alpha value is -1.65. The normalized spacial score (nSPS) is 16.1. The van der Waals surface area contributed by atoms with Crippen LogP contribution in [0.1, 0.15) is 25.2 Å². The van der Waals surface area contributed by atoms with E-state index in [2.05, 4.69) is 68.2 Å². The van der Waals surface area contributed by atoms with Crippen LogP contribution in [0, 0.1) is 5.92 Å². The van der Waals surface area contributed by atoms with Crippen LogP contribution in [-0.4, -0.2) is 72.9 Å². The molecule has 0 saturated carbocycles. The lowest BCUT2D eigenvalue weighted by atomic mass is 10.0. The summed E-state index contributed by atoms with van der Waals surface area (Å²) < 4.78 is 7.71. The minimum absolute atomic E-state index is 0. The number of morpholine rings is 1. The summed E-state index contributed by atoms with van der Waals surface area (Å²) in [6, 6.07) is 11.0. The molecule has 1 unspecified atom stereocenters. The van der Waals surface area contributed by atoms with E-state index in [1.165, 1.54) is 5.56 Å². The van der Waals surface area contributed by atoms with Crippen molar-refractivity contribution < 1.29 is 4.74 Å². The van der Waals surface area contributed by atoms with Crippen molar-refractivity contribution in [1.82, 2.24) is 25.1 Å². The molecule has 1 aromatic heterocycles. The van der Waals surface area contributed by atoms with Gasteiger partial charge in [-0.25, -0.2) is 4.98 Å². The molecule has 1 aliphatic rings. The minimum atomic E-state index is 0. The molecule has 0 spiro atoms. The van der Waals surface area contributed by atoms with Gasteiger partial charge in [0.15, 0.2) is 5.96 Å². The third kappa shape index (κ3) is 8.08. The largest absolute Gasteiger partial charge is 0.379 e. The van der Waals surface area contributed by atoms with E-state index >= 15 is 0 Å². The maximum absolute atomic E-state index is 5.51. The van der Waals surface area contributed by atoms with E-state index < -0.39 is 0 Å². The number of nitrogens with zero attached hydrogens (tertiary/aromatic N) is 4. The molecule has 1 saturated heterocycles. The van der Waals surface area contributed by atoms with Crippen molar-refractivity contribution in [3.63, 3.8) is 0 Å². The number of aliphatic imine (C=N–C) groups is 1. The van der Waals surface area contributed by atoms with Crippen LogP contribution in [0.2, 0.25) is 0 Å². The number of imidazole rings is 1. The highest BCUT2D eigenvalue weighted by Crippen LogP contribution is 2.12. The van der Waals surface area contributed by atoms with Gasteiger partial charge in [-0.05, 0) is 11.5 Å². The Labute approximate surface area is 203 Å². The lowest BCUT2D eigenvalue weighted by Crippen LogP contribution is -2.52. The third-order valence-corrected chi connectivity index (χ3v) is 5.62. The van der Waals surface area contributed by atoms with Gasteiger partial charge in [-0.2, -0.15) is 0 Å². The highest BCUT2D eigenvalue weighted by Gasteiger charge is 2.23. The van der Waals surface area contributed by atoms with Crippen molar-refractivity contribution in [1.29, 1.82) is 0 Å². The summed E-state index contributed by atoms with van der Waals surface area (Å²) in [4.78, 5) is 11.5. The van der Waals surface area contributed by atoms with E-state index in [9.17, 15) is 0 Å². The van der Waals surface area contributed by atoms with Crippen LogP contribution in [0.25, 0.3) is 0 Å². The van der Waals surface area contributed by atoms with Crippen LogP contribution in [-0.2, 0) is 17.7 Å². The summed E-state index contributed by atoms with van der Waals surface area (Å²) in [5.41, 5.74) is 1.28. The summed E-state index contributed by atoms with van der Waals surface area (Å²) in [6.45, 7) is 10.7. The van der Waals surface area contributed by atoms with E-state index in [0.29, 0.717) is 12.0 Å². The molecule has 172 valence electrons. The number of rotatable bonds is 9. The Balaban J connectivity index is 0.00000341. The second kappa shape index (κ2) is 13.7. The first-order chi connectivity index (χ1) is 14.7. The molecule has 3 rings (SSSR count). The Kier molecular flexibility index (Phi) is 11.3. The fourth-order valence-corrected chi connectivity index (χ4v) is 3.90. The monoisotopic (exact) mass is 540 g/mol. The van der Waals surface area contributed by atoms with E-state index in [-0.39, 0.29) is 24.0 Å². The topological polar surface area (TPSA) is 66.7 Å². The van der Waals surface area contributed by atoms with Crippen molar-refractivity contribution in [3.8, 4) is 0 Å². The number of hydrogen-bond acceptors (Lipinski definition) is 4. The second-order valence-corrected chi connectivity index (χ2v) is 8.05. The van der Waals surface area contributed by atoms with Gasteiger partial charge in [-0.3, -0.25) is 9.89 Å².